The predicted octanol–water partition coefficient (Wildman–Crippen LogP) is 4.57. The SMILES string of the molecule is O=C(Cc1ccc(Cl)s1)c1coc2ccccc12. The first kappa shape index (κ1) is 11.5. The Morgan fingerprint density at radius 3 is 2.83 bits per heavy atom. The lowest BCUT2D eigenvalue weighted by Crippen LogP contribution is -2.00. The lowest BCUT2D eigenvalue weighted by molar-refractivity contribution is 0.0994. The monoisotopic (exact) mass is 276 g/mol. The summed E-state index contributed by atoms with van der Waals surface area (Å²) in [6, 6.07) is 11.2. The van der Waals surface area contributed by atoms with Crippen LogP contribution in [0.5, 0.6) is 0 Å². The highest BCUT2D eigenvalue weighted by molar-refractivity contribution is 7.16. The Labute approximate surface area is 113 Å². The molecule has 3 aromatic rings. The third-order valence-corrected chi connectivity index (χ3v) is 3.98. The van der Waals surface area contributed by atoms with Gasteiger partial charge in [-0.2, -0.15) is 0 Å². The number of carbonyl (C=O) groups is 1. The molecule has 0 saturated carbocycles. The summed E-state index contributed by atoms with van der Waals surface area (Å²) in [6.45, 7) is 0. The normalized spacial score (nSPS) is 10.9. The second-order valence-corrected chi connectivity index (χ2v) is 5.75. The van der Waals surface area contributed by atoms with E-state index in [2.05, 4.69) is 0 Å². The molecule has 0 unspecified atom stereocenters. The fourth-order valence-corrected chi connectivity index (χ4v) is 2.98. The number of Topliss-reactive ketones (excluding diaryl/α,β-unsaturated/α-hetero) is 1. The number of furan rings is 1. The summed E-state index contributed by atoms with van der Waals surface area (Å²) in [5, 5.41) is 0.866. The average molecular weight is 277 g/mol. The number of para-hydroxylation sites is 1. The molecule has 0 bridgehead atoms. The molecule has 0 atom stereocenters. The standard InChI is InChI=1S/C14H9ClO2S/c15-14-6-5-9(18-14)7-12(16)11-8-17-13-4-2-1-3-10(11)13/h1-6,8H,7H2. The van der Waals surface area contributed by atoms with Gasteiger partial charge in [0.1, 0.15) is 11.8 Å². The maximum absolute atomic E-state index is 12.2. The molecular formula is C14H9ClO2S. The Kier molecular flexibility index (Phi) is 2.94. The van der Waals surface area contributed by atoms with Crippen LogP contribution < -0.4 is 0 Å². The van der Waals surface area contributed by atoms with Crippen molar-refractivity contribution in [3.8, 4) is 0 Å². The van der Waals surface area contributed by atoms with Gasteiger partial charge in [-0.25, -0.2) is 0 Å². The van der Waals surface area contributed by atoms with Crippen LogP contribution in [0, 0.1) is 0 Å². The Hall–Kier alpha value is -1.58. The third kappa shape index (κ3) is 2.07. The topological polar surface area (TPSA) is 30.2 Å². The smallest absolute Gasteiger partial charge is 0.171 e. The minimum Gasteiger partial charge on any atom is -0.464 e. The summed E-state index contributed by atoms with van der Waals surface area (Å²) in [4.78, 5) is 13.2. The van der Waals surface area contributed by atoms with Crippen LogP contribution in [0.2, 0.25) is 4.34 Å². The molecular weight excluding hydrogens is 268 g/mol. The van der Waals surface area contributed by atoms with Crippen LogP contribution in [0.1, 0.15) is 15.2 Å². The van der Waals surface area contributed by atoms with Gasteiger partial charge >= 0.3 is 0 Å². The number of fused-ring (bicyclic) bond motifs is 1. The highest BCUT2D eigenvalue weighted by atomic mass is 35.5. The van der Waals surface area contributed by atoms with Gasteiger partial charge in [0.15, 0.2) is 5.78 Å². The van der Waals surface area contributed by atoms with E-state index in [1.165, 1.54) is 17.6 Å². The van der Waals surface area contributed by atoms with Crippen LogP contribution in [0.25, 0.3) is 11.0 Å². The van der Waals surface area contributed by atoms with Crippen molar-refractivity contribution in [2.24, 2.45) is 0 Å². The summed E-state index contributed by atoms with van der Waals surface area (Å²) in [5.74, 6) is 0.0541. The Morgan fingerprint density at radius 2 is 2.06 bits per heavy atom. The first-order valence-electron chi connectivity index (χ1n) is 5.47. The number of rotatable bonds is 3. The molecule has 0 aliphatic rings. The fraction of sp³-hybridized carbons (Fsp3) is 0.0714. The van der Waals surface area contributed by atoms with Crippen molar-refractivity contribution in [1.29, 1.82) is 0 Å². The summed E-state index contributed by atoms with van der Waals surface area (Å²) in [7, 11) is 0. The van der Waals surface area contributed by atoms with Crippen LogP contribution in [-0.4, -0.2) is 5.78 Å². The summed E-state index contributed by atoms with van der Waals surface area (Å²) in [5.41, 5.74) is 1.38. The molecule has 2 aromatic heterocycles. The summed E-state index contributed by atoms with van der Waals surface area (Å²) < 4.78 is 6.07. The molecule has 18 heavy (non-hydrogen) atoms. The van der Waals surface area contributed by atoms with Crippen molar-refractivity contribution < 1.29 is 9.21 Å². The van der Waals surface area contributed by atoms with Gasteiger partial charge in [-0.05, 0) is 18.2 Å². The van der Waals surface area contributed by atoms with E-state index in [4.69, 9.17) is 16.0 Å². The minimum absolute atomic E-state index is 0.0541. The molecule has 0 amide bonds. The molecule has 0 saturated heterocycles. The molecule has 90 valence electrons. The Morgan fingerprint density at radius 1 is 1.22 bits per heavy atom. The lowest BCUT2D eigenvalue weighted by Gasteiger charge is -1.96. The van der Waals surface area contributed by atoms with Gasteiger partial charge in [-0.1, -0.05) is 29.8 Å². The van der Waals surface area contributed by atoms with Crippen molar-refractivity contribution in [1.82, 2.24) is 0 Å². The van der Waals surface area contributed by atoms with Crippen molar-refractivity contribution in [3.63, 3.8) is 0 Å². The van der Waals surface area contributed by atoms with E-state index in [0.717, 1.165) is 15.8 Å². The molecule has 0 N–H and O–H groups in total. The van der Waals surface area contributed by atoms with Gasteiger partial charge in [0.25, 0.3) is 0 Å². The molecule has 1 aromatic carbocycles. The molecule has 0 fully saturated rings. The quantitative estimate of drug-likeness (QED) is 0.656. The van der Waals surface area contributed by atoms with Crippen LogP contribution >= 0.6 is 22.9 Å². The third-order valence-electron chi connectivity index (χ3n) is 2.75. The van der Waals surface area contributed by atoms with E-state index in [1.807, 2.05) is 36.4 Å². The van der Waals surface area contributed by atoms with Gasteiger partial charge in [-0.3, -0.25) is 4.79 Å². The van der Waals surface area contributed by atoms with E-state index in [-0.39, 0.29) is 5.78 Å². The highest BCUT2D eigenvalue weighted by Crippen LogP contribution is 2.25. The maximum Gasteiger partial charge on any atom is 0.171 e. The number of halogens is 1. The zero-order valence-corrected chi connectivity index (χ0v) is 10.9. The highest BCUT2D eigenvalue weighted by Gasteiger charge is 2.14. The maximum atomic E-state index is 12.2. The fourth-order valence-electron chi connectivity index (χ4n) is 1.89. The number of hydrogen-bond donors (Lipinski definition) is 0. The second-order valence-electron chi connectivity index (χ2n) is 3.95. The van der Waals surface area contributed by atoms with Gasteiger partial charge in [-0.15, -0.1) is 11.3 Å². The summed E-state index contributed by atoms with van der Waals surface area (Å²) >= 11 is 7.29. The number of hydrogen-bond acceptors (Lipinski definition) is 3. The van der Waals surface area contributed by atoms with E-state index >= 15 is 0 Å². The number of thiophene rings is 1. The average Bonchev–Trinajstić information content (AvgIpc) is 2.95. The van der Waals surface area contributed by atoms with Gasteiger partial charge in [0, 0.05) is 16.7 Å². The molecule has 4 heteroatoms. The van der Waals surface area contributed by atoms with Crippen molar-refractivity contribution >= 4 is 39.7 Å². The molecule has 0 radical (unpaired) electrons. The zero-order valence-electron chi connectivity index (χ0n) is 9.35. The molecule has 0 spiro atoms. The van der Waals surface area contributed by atoms with Crippen LogP contribution in [0.3, 0.4) is 0 Å². The molecule has 0 aliphatic heterocycles. The minimum atomic E-state index is 0.0541. The number of ketones is 1. The first-order chi connectivity index (χ1) is 8.74. The second kappa shape index (κ2) is 4.59. The van der Waals surface area contributed by atoms with Crippen molar-refractivity contribution in [2.75, 3.05) is 0 Å². The number of benzene rings is 1. The van der Waals surface area contributed by atoms with Gasteiger partial charge in [0.05, 0.1) is 9.90 Å². The van der Waals surface area contributed by atoms with Crippen LogP contribution in [0.4, 0.5) is 0 Å². The zero-order chi connectivity index (χ0) is 12.5. The van der Waals surface area contributed by atoms with E-state index < -0.39 is 0 Å². The Balaban J connectivity index is 1.92. The van der Waals surface area contributed by atoms with Crippen LogP contribution in [0.15, 0.2) is 47.1 Å². The molecule has 2 heterocycles. The van der Waals surface area contributed by atoms with E-state index in [0.29, 0.717) is 16.3 Å². The van der Waals surface area contributed by atoms with Crippen LogP contribution in [-0.2, 0) is 6.42 Å². The van der Waals surface area contributed by atoms with Crippen molar-refractivity contribution in [3.05, 3.63) is 57.4 Å². The van der Waals surface area contributed by atoms with Gasteiger partial charge < -0.3 is 4.42 Å². The van der Waals surface area contributed by atoms with Gasteiger partial charge in [0.2, 0.25) is 0 Å². The van der Waals surface area contributed by atoms with Crippen molar-refractivity contribution in [2.45, 2.75) is 6.42 Å². The first-order valence-corrected chi connectivity index (χ1v) is 6.67. The molecule has 0 aliphatic carbocycles. The lowest BCUT2D eigenvalue weighted by atomic mass is 10.1. The predicted molar refractivity (Wildman–Crippen MR) is 73.6 cm³/mol. The number of carbonyl (C=O) groups excluding carboxylic acids is 1. The largest absolute Gasteiger partial charge is 0.464 e. The molecule has 2 nitrogen and oxygen atoms in total. The Bertz CT molecular complexity index is 711. The van der Waals surface area contributed by atoms with E-state index in [1.54, 1.807) is 0 Å². The summed E-state index contributed by atoms with van der Waals surface area (Å²) in [6.07, 6.45) is 1.89. The van der Waals surface area contributed by atoms with E-state index in [9.17, 15) is 4.79 Å². The molecule has 3 rings (SSSR count).